The third-order valence-electron chi connectivity index (χ3n) is 2.70. The zero-order valence-electron chi connectivity index (χ0n) is 10.8. The maximum atomic E-state index is 11.8. The highest BCUT2D eigenvalue weighted by Gasteiger charge is 2.09. The van der Waals surface area contributed by atoms with Gasteiger partial charge in [-0.25, -0.2) is 4.98 Å². The van der Waals surface area contributed by atoms with Gasteiger partial charge in [0.05, 0.1) is 12.3 Å². The number of thiophene rings is 1. The molecule has 2 heterocycles. The maximum absolute atomic E-state index is 11.8. The van der Waals surface area contributed by atoms with Crippen LogP contribution in [-0.2, 0) is 11.3 Å². The van der Waals surface area contributed by atoms with Crippen molar-refractivity contribution in [3.63, 3.8) is 0 Å². The number of nitrogens with one attached hydrogen (secondary N) is 1. The molecule has 3 rings (SSSR count). The minimum absolute atomic E-state index is 0.0475. The van der Waals surface area contributed by atoms with Gasteiger partial charge in [-0.2, -0.15) is 0 Å². The van der Waals surface area contributed by atoms with Crippen LogP contribution in [0.4, 0.5) is 0 Å². The van der Waals surface area contributed by atoms with Crippen molar-refractivity contribution in [2.45, 2.75) is 11.8 Å². The van der Waals surface area contributed by atoms with E-state index in [-0.39, 0.29) is 11.7 Å². The van der Waals surface area contributed by atoms with E-state index >= 15 is 0 Å². The quantitative estimate of drug-likeness (QED) is 0.716. The van der Waals surface area contributed by atoms with Gasteiger partial charge in [0.15, 0.2) is 5.58 Å². The van der Waals surface area contributed by atoms with Crippen LogP contribution in [0.3, 0.4) is 0 Å². The molecule has 0 aliphatic rings. The Hall–Kier alpha value is -1.50. The number of hydrogen-bond acceptors (Lipinski definition) is 5. The highest BCUT2D eigenvalue weighted by Crippen LogP contribution is 2.25. The molecule has 1 aromatic carbocycles. The highest BCUT2D eigenvalue weighted by molar-refractivity contribution is 7.99. The molecule has 0 fully saturated rings. The first-order valence-electron chi connectivity index (χ1n) is 6.19. The van der Waals surface area contributed by atoms with E-state index in [1.165, 1.54) is 11.8 Å². The van der Waals surface area contributed by atoms with E-state index in [4.69, 9.17) is 16.0 Å². The number of halogens is 1. The van der Waals surface area contributed by atoms with E-state index < -0.39 is 0 Å². The molecule has 1 N–H and O–H groups in total. The van der Waals surface area contributed by atoms with E-state index in [2.05, 4.69) is 10.3 Å². The molecule has 0 radical (unpaired) electrons. The molecular formula is C14H11ClN2O2S2. The molecule has 21 heavy (non-hydrogen) atoms. The molecule has 0 aliphatic carbocycles. The Kier molecular flexibility index (Phi) is 4.48. The summed E-state index contributed by atoms with van der Waals surface area (Å²) in [6, 6.07) is 9.21. The molecule has 1 amide bonds. The van der Waals surface area contributed by atoms with Gasteiger partial charge in [-0.3, -0.25) is 4.79 Å². The zero-order valence-corrected chi connectivity index (χ0v) is 13.2. The molecule has 4 nitrogen and oxygen atoms in total. The van der Waals surface area contributed by atoms with Crippen molar-refractivity contribution in [2.75, 3.05) is 5.75 Å². The Morgan fingerprint density at radius 1 is 1.43 bits per heavy atom. The van der Waals surface area contributed by atoms with Crippen molar-refractivity contribution in [1.29, 1.82) is 0 Å². The third kappa shape index (κ3) is 3.78. The third-order valence-corrected chi connectivity index (χ3v) is 4.64. The van der Waals surface area contributed by atoms with Crippen LogP contribution in [-0.4, -0.2) is 16.6 Å². The predicted octanol–water partition coefficient (Wildman–Crippen LogP) is 3.95. The van der Waals surface area contributed by atoms with Crippen LogP contribution >= 0.6 is 34.7 Å². The summed E-state index contributed by atoms with van der Waals surface area (Å²) in [6.07, 6.45) is 0. The van der Waals surface area contributed by atoms with Gasteiger partial charge in [0, 0.05) is 9.90 Å². The minimum atomic E-state index is -0.0475. The van der Waals surface area contributed by atoms with Crippen LogP contribution in [0.2, 0.25) is 5.02 Å². The number of oxazole rings is 1. The van der Waals surface area contributed by atoms with Gasteiger partial charge in [-0.1, -0.05) is 29.4 Å². The molecule has 7 heteroatoms. The molecule has 0 saturated carbocycles. The largest absolute Gasteiger partial charge is 0.431 e. The topological polar surface area (TPSA) is 55.1 Å². The van der Waals surface area contributed by atoms with Crippen LogP contribution in [0.25, 0.3) is 11.1 Å². The van der Waals surface area contributed by atoms with Crippen LogP contribution in [0.5, 0.6) is 0 Å². The first-order valence-corrected chi connectivity index (χ1v) is 8.43. The first kappa shape index (κ1) is 14.4. The monoisotopic (exact) mass is 338 g/mol. The van der Waals surface area contributed by atoms with Gasteiger partial charge in [-0.15, -0.1) is 11.3 Å². The van der Waals surface area contributed by atoms with Crippen LogP contribution < -0.4 is 5.32 Å². The molecule has 0 saturated heterocycles. The van der Waals surface area contributed by atoms with Crippen molar-refractivity contribution in [1.82, 2.24) is 10.3 Å². The van der Waals surface area contributed by atoms with Crippen LogP contribution in [0, 0.1) is 0 Å². The molecule has 0 bridgehead atoms. The van der Waals surface area contributed by atoms with Gasteiger partial charge < -0.3 is 9.73 Å². The molecule has 108 valence electrons. The molecule has 0 unspecified atom stereocenters. The highest BCUT2D eigenvalue weighted by atomic mass is 35.5. The summed E-state index contributed by atoms with van der Waals surface area (Å²) >= 11 is 8.78. The Balaban J connectivity index is 1.54. The number of carbonyl (C=O) groups is 1. The molecule has 2 aromatic heterocycles. The van der Waals surface area contributed by atoms with Crippen molar-refractivity contribution < 1.29 is 9.21 Å². The molecule has 3 aromatic rings. The maximum Gasteiger partial charge on any atom is 0.257 e. The summed E-state index contributed by atoms with van der Waals surface area (Å²) in [4.78, 5) is 17.2. The van der Waals surface area contributed by atoms with Gasteiger partial charge in [-0.05, 0) is 29.6 Å². The fourth-order valence-electron chi connectivity index (χ4n) is 1.72. The van der Waals surface area contributed by atoms with Crippen LogP contribution in [0.15, 0.2) is 45.4 Å². The average Bonchev–Trinajstić information content (AvgIpc) is 3.11. The Morgan fingerprint density at radius 2 is 2.33 bits per heavy atom. The number of amides is 1. The number of carbonyl (C=O) groups excluding carboxylic acids is 1. The smallest absolute Gasteiger partial charge is 0.257 e. The van der Waals surface area contributed by atoms with Gasteiger partial charge in [0.25, 0.3) is 5.22 Å². The lowest BCUT2D eigenvalue weighted by Gasteiger charge is -2.01. The van der Waals surface area contributed by atoms with Crippen molar-refractivity contribution in [3.05, 3.63) is 45.6 Å². The fourth-order valence-corrected chi connectivity index (χ4v) is 3.20. The predicted molar refractivity (Wildman–Crippen MR) is 85.9 cm³/mol. The summed E-state index contributed by atoms with van der Waals surface area (Å²) in [5.74, 6) is 0.222. The summed E-state index contributed by atoms with van der Waals surface area (Å²) in [5, 5.41) is 5.93. The number of rotatable bonds is 5. The molecular weight excluding hydrogens is 328 g/mol. The summed E-state index contributed by atoms with van der Waals surface area (Å²) in [6.45, 7) is 0.556. The Labute approximate surface area is 134 Å². The van der Waals surface area contributed by atoms with Gasteiger partial charge >= 0.3 is 0 Å². The number of nitrogens with zero attached hydrogens (tertiary/aromatic N) is 1. The zero-order chi connectivity index (χ0) is 14.7. The second-order valence-electron chi connectivity index (χ2n) is 4.24. The lowest BCUT2D eigenvalue weighted by Crippen LogP contribution is -2.24. The van der Waals surface area contributed by atoms with E-state index in [0.29, 0.717) is 27.9 Å². The SMILES string of the molecule is O=C(CSc1nc2cc(Cl)ccc2o1)NCc1cccs1. The normalized spacial score (nSPS) is 10.9. The Morgan fingerprint density at radius 3 is 3.14 bits per heavy atom. The standard InChI is InChI=1S/C14H11ClN2O2S2/c15-9-3-4-12-11(6-9)17-14(19-12)21-8-13(18)16-7-10-2-1-5-20-10/h1-6H,7-8H2,(H,16,18). The lowest BCUT2D eigenvalue weighted by atomic mass is 10.3. The van der Waals surface area contributed by atoms with Gasteiger partial charge in [0.2, 0.25) is 5.91 Å². The molecule has 0 atom stereocenters. The Bertz CT molecular complexity index is 756. The average molecular weight is 339 g/mol. The number of benzene rings is 1. The first-order chi connectivity index (χ1) is 10.2. The second kappa shape index (κ2) is 6.51. The summed E-state index contributed by atoms with van der Waals surface area (Å²) in [7, 11) is 0. The molecule has 0 aliphatic heterocycles. The molecule has 0 spiro atoms. The number of fused-ring (bicyclic) bond motifs is 1. The van der Waals surface area contributed by atoms with E-state index in [1.54, 1.807) is 29.5 Å². The van der Waals surface area contributed by atoms with Crippen molar-refractivity contribution in [2.24, 2.45) is 0 Å². The lowest BCUT2D eigenvalue weighted by molar-refractivity contribution is -0.118. The number of aromatic nitrogens is 1. The number of hydrogen-bond donors (Lipinski definition) is 1. The van der Waals surface area contributed by atoms with Crippen LogP contribution in [0.1, 0.15) is 4.88 Å². The van der Waals surface area contributed by atoms with Crippen molar-refractivity contribution in [3.8, 4) is 0 Å². The van der Waals surface area contributed by atoms with E-state index in [9.17, 15) is 4.79 Å². The number of thioether (sulfide) groups is 1. The van der Waals surface area contributed by atoms with Gasteiger partial charge in [0.1, 0.15) is 5.52 Å². The summed E-state index contributed by atoms with van der Waals surface area (Å²) < 4.78 is 5.54. The van der Waals surface area contributed by atoms with Crippen molar-refractivity contribution >= 4 is 51.7 Å². The fraction of sp³-hybridized carbons (Fsp3) is 0.143. The van der Waals surface area contributed by atoms with E-state index in [1.807, 2.05) is 17.5 Å². The second-order valence-corrected chi connectivity index (χ2v) is 6.63. The minimum Gasteiger partial charge on any atom is -0.431 e. The van der Waals surface area contributed by atoms with E-state index in [0.717, 1.165) is 4.88 Å². The summed E-state index contributed by atoms with van der Waals surface area (Å²) in [5.41, 5.74) is 1.37.